The van der Waals surface area contributed by atoms with Gasteiger partial charge in [0.15, 0.2) is 0 Å². The molecule has 104 valence electrons. The van der Waals surface area contributed by atoms with Crippen LogP contribution in [0.15, 0.2) is 33.6 Å². The highest BCUT2D eigenvalue weighted by Gasteiger charge is 2.17. The topological polar surface area (TPSA) is 57.6 Å². The second kappa shape index (κ2) is 7.55. The van der Waals surface area contributed by atoms with E-state index in [1.165, 1.54) is 16.7 Å². The van der Waals surface area contributed by atoms with Gasteiger partial charge in [-0.15, -0.1) is 11.8 Å². The van der Waals surface area contributed by atoms with Gasteiger partial charge in [0.05, 0.1) is 11.7 Å². The number of carboxylic acid groups (broad SMARTS) is 1. The Morgan fingerprint density at radius 3 is 2.47 bits per heavy atom. The van der Waals surface area contributed by atoms with Crippen LogP contribution in [0, 0.1) is 5.92 Å². The Labute approximate surface area is 125 Å². The number of halogens is 1. The van der Waals surface area contributed by atoms with Crippen molar-refractivity contribution in [2.24, 2.45) is 5.92 Å². The molecule has 1 N–H and O–H groups in total. The summed E-state index contributed by atoms with van der Waals surface area (Å²) in [5.74, 6) is -1.20. The van der Waals surface area contributed by atoms with Gasteiger partial charge in [0.1, 0.15) is 0 Å². The summed E-state index contributed by atoms with van der Waals surface area (Å²) < 4.78 is 0.996. The molecule has 0 radical (unpaired) electrons. The number of aliphatic carboxylic acids is 1. The Bertz CT molecular complexity index is 450. The molecule has 1 atom stereocenters. The Morgan fingerprint density at radius 2 is 1.95 bits per heavy atom. The lowest BCUT2D eigenvalue weighted by atomic mass is 10.2. The molecule has 0 saturated carbocycles. The van der Waals surface area contributed by atoms with Crippen LogP contribution in [0.2, 0.25) is 0 Å². The van der Waals surface area contributed by atoms with Gasteiger partial charge in [0.25, 0.3) is 0 Å². The Kier molecular flexibility index (Phi) is 6.37. The molecule has 0 spiro atoms. The second-order valence-corrected chi connectivity index (χ2v) is 6.22. The molecule has 0 aromatic heterocycles. The number of thioether (sulfide) groups is 1. The number of hydrogen-bond donors (Lipinski definition) is 1. The minimum absolute atomic E-state index is 0.0685. The average Bonchev–Trinajstić information content (AvgIpc) is 2.37. The molecule has 4 nitrogen and oxygen atoms in total. The van der Waals surface area contributed by atoms with Gasteiger partial charge in [-0.05, 0) is 24.3 Å². The maximum atomic E-state index is 11.8. The highest BCUT2D eigenvalue weighted by molar-refractivity contribution is 9.10. The number of carboxylic acids is 1. The molecular weight excluding hydrogens is 330 g/mol. The van der Waals surface area contributed by atoms with Crippen LogP contribution >= 0.6 is 27.7 Å². The van der Waals surface area contributed by atoms with Gasteiger partial charge in [0, 0.05) is 23.0 Å². The van der Waals surface area contributed by atoms with Gasteiger partial charge < -0.3 is 10.0 Å². The molecule has 1 unspecified atom stereocenters. The third kappa shape index (κ3) is 5.65. The lowest BCUT2D eigenvalue weighted by molar-refractivity contribution is -0.142. The minimum Gasteiger partial charge on any atom is -0.481 e. The van der Waals surface area contributed by atoms with Crippen molar-refractivity contribution >= 4 is 39.6 Å². The molecule has 0 heterocycles. The molecule has 6 heteroatoms. The van der Waals surface area contributed by atoms with E-state index in [1.54, 1.807) is 14.0 Å². The molecule has 1 rings (SSSR count). The van der Waals surface area contributed by atoms with Crippen molar-refractivity contribution in [3.05, 3.63) is 28.7 Å². The number of rotatable bonds is 6. The van der Waals surface area contributed by atoms with E-state index in [1.807, 2.05) is 24.3 Å². The number of carbonyl (C=O) groups excluding carboxylic acids is 1. The monoisotopic (exact) mass is 345 g/mol. The van der Waals surface area contributed by atoms with Crippen molar-refractivity contribution < 1.29 is 14.7 Å². The number of carbonyl (C=O) groups is 2. The van der Waals surface area contributed by atoms with E-state index >= 15 is 0 Å². The van der Waals surface area contributed by atoms with Gasteiger partial charge in [-0.2, -0.15) is 0 Å². The standard InChI is InChI=1S/C13H16BrNO3S/c1-9(13(17)18)7-15(2)12(16)8-19-11-5-3-10(14)4-6-11/h3-6,9H,7-8H2,1-2H3,(H,17,18). The zero-order chi connectivity index (χ0) is 14.4. The molecule has 1 amide bonds. The third-order valence-electron chi connectivity index (χ3n) is 2.57. The van der Waals surface area contributed by atoms with Crippen LogP contribution < -0.4 is 0 Å². The first kappa shape index (κ1) is 16.0. The quantitative estimate of drug-likeness (QED) is 0.805. The molecule has 0 bridgehead atoms. The summed E-state index contributed by atoms with van der Waals surface area (Å²) in [6.07, 6.45) is 0. The van der Waals surface area contributed by atoms with E-state index in [0.29, 0.717) is 5.75 Å². The first-order chi connectivity index (χ1) is 8.90. The summed E-state index contributed by atoms with van der Waals surface area (Å²) in [6.45, 7) is 1.82. The average molecular weight is 346 g/mol. The Hall–Kier alpha value is -1.01. The van der Waals surface area contributed by atoms with E-state index in [-0.39, 0.29) is 12.5 Å². The van der Waals surface area contributed by atoms with Crippen LogP contribution in [0.4, 0.5) is 0 Å². The van der Waals surface area contributed by atoms with Gasteiger partial charge in [-0.3, -0.25) is 9.59 Å². The number of hydrogen-bond acceptors (Lipinski definition) is 3. The summed E-state index contributed by atoms with van der Waals surface area (Å²) in [6, 6.07) is 7.70. The second-order valence-electron chi connectivity index (χ2n) is 4.26. The first-order valence-electron chi connectivity index (χ1n) is 5.75. The smallest absolute Gasteiger partial charge is 0.308 e. The van der Waals surface area contributed by atoms with Crippen molar-refractivity contribution in [1.29, 1.82) is 0 Å². The van der Waals surface area contributed by atoms with E-state index in [2.05, 4.69) is 15.9 Å². The highest BCUT2D eigenvalue weighted by atomic mass is 79.9. The van der Waals surface area contributed by atoms with Crippen LogP contribution in [0.25, 0.3) is 0 Å². The summed E-state index contributed by atoms with van der Waals surface area (Å²) in [7, 11) is 1.63. The molecule has 0 aliphatic rings. The normalized spacial score (nSPS) is 11.9. The van der Waals surface area contributed by atoms with E-state index in [0.717, 1.165) is 9.37 Å². The fraction of sp³-hybridized carbons (Fsp3) is 0.385. The Morgan fingerprint density at radius 1 is 1.37 bits per heavy atom. The molecule has 0 fully saturated rings. The largest absolute Gasteiger partial charge is 0.481 e. The lowest BCUT2D eigenvalue weighted by Crippen LogP contribution is -2.34. The summed E-state index contributed by atoms with van der Waals surface area (Å²) in [5.41, 5.74) is 0. The van der Waals surface area contributed by atoms with Crippen LogP contribution in [0.3, 0.4) is 0 Å². The van der Waals surface area contributed by atoms with Gasteiger partial charge in [0.2, 0.25) is 5.91 Å². The summed E-state index contributed by atoms with van der Waals surface area (Å²) in [5, 5.41) is 8.80. The van der Waals surface area contributed by atoms with Crippen molar-refractivity contribution in [1.82, 2.24) is 4.90 Å². The minimum atomic E-state index is -0.889. The van der Waals surface area contributed by atoms with Crippen molar-refractivity contribution in [2.75, 3.05) is 19.3 Å². The molecule has 0 aliphatic heterocycles. The predicted molar refractivity (Wildman–Crippen MR) is 79.3 cm³/mol. The SMILES string of the molecule is CC(CN(C)C(=O)CSc1ccc(Br)cc1)C(=O)O. The zero-order valence-corrected chi connectivity index (χ0v) is 13.2. The van der Waals surface area contributed by atoms with Crippen LogP contribution in [0.5, 0.6) is 0 Å². The van der Waals surface area contributed by atoms with Crippen LogP contribution in [-0.2, 0) is 9.59 Å². The number of nitrogens with zero attached hydrogens (tertiary/aromatic N) is 1. The first-order valence-corrected chi connectivity index (χ1v) is 7.53. The summed E-state index contributed by atoms with van der Waals surface area (Å²) in [4.78, 5) is 25.0. The van der Waals surface area contributed by atoms with Gasteiger partial charge >= 0.3 is 5.97 Å². The Balaban J connectivity index is 2.42. The predicted octanol–water partition coefficient (Wildman–Crippen LogP) is 2.72. The molecule has 1 aromatic rings. The highest BCUT2D eigenvalue weighted by Crippen LogP contribution is 2.20. The lowest BCUT2D eigenvalue weighted by Gasteiger charge is -2.19. The maximum absolute atomic E-state index is 11.8. The van der Waals surface area contributed by atoms with Crippen LogP contribution in [-0.4, -0.2) is 41.2 Å². The number of benzene rings is 1. The van der Waals surface area contributed by atoms with Crippen molar-refractivity contribution in [2.45, 2.75) is 11.8 Å². The maximum Gasteiger partial charge on any atom is 0.308 e. The van der Waals surface area contributed by atoms with E-state index in [9.17, 15) is 9.59 Å². The number of amides is 1. The molecule has 19 heavy (non-hydrogen) atoms. The fourth-order valence-electron chi connectivity index (χ4n) is 1.38. The van der Waals surface area contributed by atoms with Gasteiger partial charge in [-0.1, -0.05) is 22.9 Å². The van der Waals surface area contributed by atoms with E-state index < -0.39 is 11.9 Å². The fourth-order valence-corrected chi connectivity index (χ4v) is 2.48. The third-order valence-corrected chi connectivity index (χ3v) is 4.10. The van der Waals surface area contributed by atoms with Crippen molar-refractivity contribution in [3.8, 4) is 0 Å². The molecular formula is C13H16BrNO3S. The molecule has 0 saturated heterocycles. The molecule has 1 aromatic carbocycles. The van der Waals surface area contributed by atoms with Gasteiger partial charge in [-0.25, -0.2) is 0 Å². The van der Waals surface area contributed by atoms with E-state index in [4.69, 9.17) is 5.11 Å². The van der Waals surface area contributed by atoms with Crippen molar-refractivity contribution in [3.63, 3.8) is 0 Å². The summed E-state index contributed by atoms with van der Waals surface area (Å²) >= 11 is 4.79. The van der Waals surface area contributed by atoms with Crippen LogP contribution in [0.1, 0.15) is 6.92 Å². The molecule has 0 aliphatic carbocycles. The zero-order valence-electron chi connectivity index (χ0n) is 10.8.